The fourth-order valence-electron chi connectivity index (χ4n) is 2.73. The highest BCUT2D eigenvalue weighted by Crippen LogP contribution is 2.21. The molecular formula is C15H15N5O2S. The second-order valence-corrected chi connectivity index (χ2v) is 6.51. The zero-order valence-corrected chi connectivity index (χ0v) is 13.1. The third kappa shape index (κ3) is 2.82. The number of aromatic nitrogens is 4. The zero-order valence-electron chi connectivity index (χ0n) is 12.3. The summed E-state index contributed by atoms with van der Waals surface area (Å²) in [5.74, 6) is 0.0518. The number of rotatable bonds is 3. The maximum absolute atomic E-state index is 11.9. The van der Waals surface area contributed by atoms with E-state index in [2.05, 4.69) is 15.3 Å². The van der Waals surface area contributed by atoms with Crippen LogP contribution in [0.15, 0.2) is 29.9 Å². The minimum absolute atomic E-state index is 0.0518. The Hall–Kier alpha value is -2.32. The molecule has 2 aromatic heterocycles. The van der Waals surface area contributed by atoms with Gasteiger partial charge in [-0.2, -0.15) is 0 Å². The van der Waals surface area contributed by atoms with E-state index in [0.29, 0.717) is 31.6 Å². The van der Waals surface area contributed by atoms with E-state index < -0.39 is 6.10 Å². The van der Waals surface area contributed by atoms with Crippen molar-refractivity contribution >= 4 is 27.5 Å². The van der Waals surface area contributed by atoms with Gasteiger partial charge < -0.3 is 10.0 Å². The molecule has 23 heavy (non-hydrogen) atoms. The van der Waals surface area contributed by atoms with Crippen LogP contribution in [0.1, 0.15) is 18.5 Å². The summed E-state index contributed by atoms with van der Waals surface area (Å²) in [5, 5.41) is 18.0. The van der Waals surface area contributed by atoms with Crippen LogP contribution in [-0.2, 0) is 11.3 Å². The minimum atomic E-state index is -0.448. The van der Waals surface area contributed by atoms with E-state index >= 15 is 0 Å². The lowest BCUT2D eigenvalue weighted by Gasteiger charge is -2.29. The Morgan fingerprint density at radius 2 is 2.30 bits per heavy atom. The Morgan fingerprint density at radius 3 is 3.22 bits per heavy atom. The van der Waals surface area contributed by atoms with Crippen LogP contribution in [0.25, 0.3) is 15.9 Å². The number of β-amino-alcohol motifs (C(OH)–C–C–N with tert-alkyl or cyclic N) is 1. The van der Waals surface area contributed by atoms with Gasteiger partial charge >= 0.3 is 0 Å². The lowest BCUT2D eigenvalue weighted by Crippen LogP contribution is -2.41. The molecule has 3 heterocycles. The molecule has 3 aromatic rings. The van der Waals surface area contributed by atoms with Crippen molar-refractivity contribution in [3.8, 4) is 5.69 Å². The van der Waals surface area contributed by atoms with Crippen LogP contribution in [0.3, 0.4) is 0 Å². The molecule has 0 bridgehead atoms. The average molecular weight is 329 g/mol. The van der Waals surface area contributed by atoms with Gasteiger partial charge in [0.05, 0.1) is 40.3 Å². The number of nitrogens with zero attached hydrogens (tertiary/aromatic N) is 5. The van der Waals surface area contributed by atoms with E-state index in [1.54, 1.807) is 20.9 Å². The number of amides is 1. The molecule has 1 aliphatic rings. The van der Waals surface area contributed by atoms with Crippen molar-refractivity contribution in [3.63, 3.8) is 0 Å². The van der Waals surface area contributed by atoms with Gasteiger partial charge in [0.25, 0.3) is 0 Å². The van der Waals surface area contributed by atoms with Crippen LogP contribution in [-0.4, -0.2) is 48.5 Å². The molecular weight excluding hydrogens is 314 g/mol. The van der Waals surface area contributed by atoms with Gasteiger partial charge in [-0.15, -0.1) is 16.4 Å². The molecule has 0 radical (unpaired) electrons. The predicted octanol–water partition coefficient (Wildman–Crippen LogP) is 1.36. The highest BCUT2D eigenvalue weighted by atomic mass is 32.1. The third-order valence-corrected chi connectivity index (χ3v) is 4.74. The van der Waals surface area contributed by atoms with E-state index in [1.165, 1.54) is 0 Å². The number of benzene rings is 1. The lowest BCUT2D eigenvalue weighted by molar-refractivity contribution is -0.137. The van der Waals surface area contributed by atoms with Crippen LogP contribution in [0.2, 0.25) is 0 Å². The van der Waals surface area contributed by atoms with Crippen LogP contribution < -0.4 is 0 Å². The highest BCUT2D eigenvalue weighted by molar-refractivity contribution is 7.16. The summed E-state index contributed by atoms with van der Waals surface area (Å²) in [6.07, 6.45) is 2.29. The van der Waals surface area contributed by atoms with Gasteiger partial charge in [-0.25, -0.2) is 9.67 Å². The monoisotopic (exact) mass is 329 g/mol. The highest BCUT2D eigenvalue weighted by Gasteiger charge is 2.24. The van der Waals surface area contributed by atoms with Crippen molar-refractivity contribution < 1.29 is 9.90 Å². The average Bonchev–Trinajstić information content (AvgIpc) is 3.19. The standard InChI is InChI=1S/C15H15N5O2S/c21-12-2-4-15(22)19(8-12)6-10-7-20(18-17-10)11-1-3-13-14(5-11)23-9-16-13/h1,3,5,7,9,12,21H,2,4,6,8H2. The van der Waals surface area contributed by atoms with Crippen molar-refractivity contribution in [2.75, 3.05) is 6.54 Å². The number of hydrogen-bond acceptors (Lipinski definition) is 6. The summed E-state index contributed by atoms with van der Waals surface area (Å²) in [5.41, 5.74) is 4.39. The molecule has 0 spiro atoms. The van der Waals surface area contributed by atoms with Crippen molar-refractivity contribution in [3.05, 3.63) is 35.6 Å². The molecule has 1 aliphatic heterocycles. The first-order valence-electron chi connectivity index (χ1n) is 7.40. The van der Waals surface area contributed by atoms with E-state index in [0.717, 1.165) is 15.9 Å². The van der Waals surface area contributed by atoms with Gasteiger partial charge in [0.2, 0.25) is 5.91 Å². The summed E-state index contributed by atoms with van der Waals surface area (Å²) in [4.78, 5) is 17.8. The van der Waals surface area contributed by atoms with Gasteiger partial charge in [-0.05, 0) is 24.6 Å². The molecule has 1 N–H and O–H groups in total. The minimum Gasteiger partial charge on any atom is -0.391 e. The summed E-state index contributed by atoms with van der Waals surface area (Å²) >= 11 is 1.58. The summed E-state index contributed by atoms with van der Waals surface area (Å²) in [7, 11) is 0. The Morgan fingerprint density at radius 1 is 1.39 bits per heavy atom. The number of hydrogen-bond donors (Lipinski definition) is 1. The number of fused-ring (bicyclic) bond motifs is 1. The van der Waals surface area contributed by atoms with Crippen LogP contribution >= 0.6 is 11.3 Å². The Kier molecular flexibility index (Phi) is 3.55. The number of likely N-dealkylation sites (tertiary alicyclic amines) is 1. The second-order valence-electron chi connectivity index (χ2n) is 5.63. The fraction of sp³-hybridized carbons (Fsp3) is 0.333. The lowest BCUT2D eigenvalue weighted by atomic mass is 10.1. The molecule has 1 saturated heterocycles. The topological polar surface area (TPSA) is 84.1 Å². The first-order valence-corrected chi connectivity index (χ1v) is 8.28. The summed E-state index contributed by atoms with van der Waals surface area (Å²) in [6.45, 7) is 0.733. The Labute approximate surface area is 136 Å². The number of carbonyl (C=O) groups is 1. The Balaban J connectivity index is 1.55. The molecule has 0 aliphatic carbocycles. The Bertz CT molecular complexity index is 858. The molecule has 1 amide bonds. The number of thiazole rings is 1. The first kappa shape index (κ1) is 14.3. The van der Waals surface area contributed by atoms with Gasteiger partial charge in [-0.1, -0.05) is 5.21 Å². The molecule has 1 fully saturated rings. The van der Waals surface area contributed by atoms with E-state index in [-0.39, 0.29) is 5.91 Å². The molecule has 4 rings (SSSR count). The predicted molar refractivity (Wildman–Crippen MR) is 85.2 cm³/mol. The number of aliphatic hydroxyl groups is 1. The normalized spacial score (nSPS) is 18.7. The molecule has 1 atom stereocenters. The van der Waals surface area contributed by atoms with Crippen LogP contribution in [0, 0.1) is 0 Å². The molecule has 0 saturated carbocycles. The fourth-order valence-corrected chi connectivity index (χ4v) is 3.44. The van der Waals surface area contributed by atoms with Gasteiger partial charge in [0, 0.05) is 13.0 Å². The largest absolute Gasteiger partial charge is 0.391 e. The SMILES string of the molecule is O=C1CCC(O)CN1Cc1cn(-c2ccc3ncsc3c2)nn1. The summed E-state index contributed by atoms with van der Waals surface area (Å²) in [6, 6.07) is 5.91. The molecule has 8 heteroatoms. The smallest absolute Gasteiger partial charge is 0.223 e. The molecule has 118 valence electrons. The van der Waals surface area contributed by atoms with Crippen molar-refractivity contribution in [2.45, 2.75) is 25.5 Å². The number of aliphatic hydroxyl groups excluding tert-OH is 1. The number of piperidine rings is 1. The van der Waals surface area contributed by atoms with Gasteiger partial charge in [-0.3, -0.25) is 4.79 Å². The van der Waals surface area contributed by atoms with Gasteiger partial charge in [0.15, 0.2) is 0 Å². The molecule has 7 nitrogen and oxygen atoms in total. The maximum Gasteiger partial charge on any atom is 0.223 e. The van der Waals surface area contributed by atoms with Crippen molar-refractivity contribution in [1.82, 2.24) is 24.9 Å². The van der Waals surface area contributed by atoms with Crippen LogP contribution in [0.5, 0.6) is 0 Å². The van der Waals surface area contributed by atoms with Crippen molar-refractivity contribution in [2.24, 2.45) is 0 Å². The molecule has 1 unspecified atom stereocenters. The van der Waals surface area contributed by atoms with E-state index in [9.17, 15) is 9.90 Å². The van der Waals surface area contributed by atoms with Gasteiger partial charge in [0.1, 0.15) is 5.69 Å². The first-order chi connectivity index (χ1) is 11.2. The number of carbonyl (C=O) groups excluding carboxylic acids is 1. The quantitative estimate of drug-likeness (QED) is 0.784. The maximum atomic E-state index is 11.9. The second kappa shape index (κ2) is 5.71. The van der Waals surface area contributed by atoms with Crippen molar-refractivity contribution in [1.29, 1.82) is 0 Å². The molecule has 1 aromatic carbocycles. The zero-order chi connectivity index (χ0) is 15.8. The summed E-state index contributed by atoms with van der Waals surface area (Å²) < 4.78 is 2.79. The van der Waals surface area contributed by atoms with E-state index in [4.69, 9.17) is 0 Å². The van der Waals surface area contributed by atoms with Crippen LogP contribution in [0.4, 0.5) is 0 Å². The third-order valence-electron chi connectivity index (χ3n) is 3.95. The van der Waals surface area contributed by atoms with E-state index in [1.807, 2.05) is 29.9 Å².